The molecule has 9 heteroatoms. The second-order valence-electron chi connectivity index (χ2n) is 7.60. The lowest BCUT2D eigenvalue weighted by atomic mass is 9.76. The molecule has 1 aromatic heterocycles. The fraction of sp³-hybridized carbons (Fsp3) is 0.286. The SMILES string of the molecule is OB1ON=Cc2ccc(Nc3ncc4cccc(OC5CCC(O)CC5)c4n3)cc21. The van der Waals surface area contributed by atoms with Crippen LogP contribution in [-0.4, -0.2) is 45.6 Å². The lowest BCUT2D eigenvalue weighted by Crippen LogP contribution is -2.37. The van der Waals surface area contributed by atoms with Gasteiger partial charge in [-0.1, -0.05) is 18.2 Å². The summed E-state index contributed by atoms with van der Waals surface area (Å²) in [6.45, 7) is 0. The predicted molar refractivity (Wildman–Crippen MR) is 114 cm³/mol. The van der Waals surface area contributed by atoms with E-state index in [4.69, 9.17) is 9.49 Å². The molecule has 3 N–H and O–H groups in total. The second kappa shape index (κ2) is 7.93. The summed E-state index contributed by atoms with van der Waals surface area (Å²) in [7, 11) is -1.10. The first-order valence-corrected chi connectivity index (χ1v) is 10.0. The third-order valence-electron chi connectivity index (χ3n) is 5.47. The molecular formula is C21H21BN4O4. The van der Waals surface area contributed by atoms with E-state index >= 15 is 0 Å². The van der Waals surface area contributed by atoms with Crippen LogP contribution in [0.1, 0.15) is 31.2 Å². The Morgan fingerprint density at radius 3 is 2.87 bits per heavy atom. The molecule has 0 unspecified atom stereocenters. The molecule has 5 rings (SSSR count). The number of nitrogens with zero attached hydrogens (tertiary/aromatic N) is 3. The zero-order valence-corrected chi connectivity index (χ0v) is 16.2. The Kier molecular flexibility index (Phi) is 4.98. The minimum absolute atomic E-state index is 0.0779. The van der Waals surface area contributed by atoms with Crippen molar-refractivity contribution < 1.29 is 19.6 Å². The third kappa shape index (κ3) is 3.81. The third-order valence-corrected chi connectivity index (χ3v) is 5.47. The topological polar surface area (TPSA) is 109 Å². The Morgan fingerprint density at radius 1 is 1.13 bits per heavy atom. The zero-order chi connectivity index (χ0) is 20.5. The molecule has 30 heavy (non-hydrogen) atoms. The fourth-order valence-electron chi connectivity index (χ4n) is 3.84. The maximum atomic E-state index is 9.97. The smallest absolute Gasteiger partial charge is 0.488 e. The van der Waals surface area contributed by atoms with E-state index in [1.54, 1.807) is 18.5 Å². The maximum absolute atomic E-state index is 9.97. The van der Waals surface area contributed by atoms with Gasteiger partial charge in [0.25, 0.3) is 0 Å². The van der Waals surface area contributed by atoms with Crippen molar-refractivity contribution >= 4 is 41.3 Å². The summed E-state index contributed by atoms with van der Waals surface area (Å²) in [4.78, 5) is 9.07. The van der Waals surface area contributed by atoms with Gasteiger partial charge in [-0.15, -0.1) is 5.16 Å². The number of hydrogen-bond acceptors (Lipinski definition) is 8. The first-order chi connectivity index (χ1) is 14.7. The highest BCUT2D eigenvalue weighted by Crippen LogP contribution is 2.29. The van der Waals surface area contributed by atoms with Gasteiger partial charge in [0.15, 0.2) is 0 Å². The molecule has 0 bridgehead atoms. The molecule has 0 amide bonds. The van der Waals surface area contributed by atoms with Gasteiger partial charge in [-0.2, -0.15) is 0 Å². The molecule has 2 aliphatic rings. The molecule has 1 saturated carbocycles. The molecule has 2 heterocycles. The molecule has 1 fully saturated rings. The lowest BCUT2D eigenvalue weighted by Gasteiger charge is -2.26. The van der Waals surface area contributed by atoms with E-state index < -0.39 is 7.12 Å². The lowest BCUT2D eigenvalue weighted by molar-refractivity contribution is 0.0672. The molecule has 0 spiro atoms. The zero-order valence-electron chi connectivity index (χ0n) is 16.2. The summed E-state index contributed by atoms with van der Waals surface area (Å²) >= 11 is 0. The van der Waals surface area contributed by atoms with E-state index in [2.05, 4.69) is 20.4 Å². The molecule has 0 saturated heterocycles. The number of benzene rings is 2. The molecule has 0 atom stereocenters. The van der Waals surface area contributed by atoms with Crippen molar-refractivity contribution in [1.29, 1.82) is 0 Å². The van der Waals surface area contributed by atoms with Crippen molar-refractivity contribution in [1.82, 2.24) is 9.97 Å². The maximum Gasteiger partial charge on any atom is 0.583 e. The van der Waals surface area contributed by atoms with Crippen LogP contribution >= 0.6 is 0 Å². The van der Waals surface area contributed by atoms with Crippen LogP contribution in [0.15, 0.2) is 47.8 Å². The van der Waals surface area contributed by atoms with Crippen molar-refractivity contribution in [2.24, 2.45) is 5.16 Å². The monoisotopic (exact) mass is 404 g/mol. The Labute approximate surface area is 173 Å². The fourth-order valence-corrected chi connectivity index (χ4v) is 3.84. The number of rotatable bonds is 4. The van der Waals surface area contributed by atoms with Crippen molar-refractivity contribution in [3.8, 4) is 5.75 Å². The summed E-state index contributed by atoms with van der Waals surface area (Å²) in [5, 5.41) is 27.4. The van der Waals surface area contributed by atoms with Gasteiger partial charge in [-0.05, 0) is 49.4 Å². The second-order valence-corrected chi connectivity index (χ2v) is 7.60. The predicted octanol–water partition coefficient (Wildman–Crippen LogP) is 2.11. The summed E-state index contributed by atoms with van der Waals surface area (Å²) in [5.41, 5.74) is 2.88. The number of oxime groups is 1. The van der Waals surface area contributed by atoms with Gasteiger partial charge in [-0.3, -0.25) is 0 Å². The highest BCUT2D eigenvalue weighted by Gasteiger charge is 2.25. The number of nitrogens with one attached hydrogen (secondary N) is 1. The molecule has 8 nitrogen and oxygen atoms in total. The summed E-state index contributed by atoms with van der Waals surface area (Å²) in [6.07, 6.45) is 6.35. The van der Waals surface area contributed by atoms with Crippen LogP contribution < -0.4 is 15.5 Å². The number of ether oxygens (including phenoxy) is 1. The first kappa shape index (κ1) is 18.8. The van der Waals surface area contributed by atoms with E-state index in [1.165, 1.54) is 0 Å². The minimum atomic E-state index is -1.10. The van der Waals surface area contributed by atoms with Crippen LogP contribution in [-0.2, 0) is 4.76 Å². The van der Waals surface area contributed by atoms with Gasteiger partial charge in [0, 0.05) is 22.7 Å². The van der Waals surface area contributed by atoms with Gasteiger partial charge < -0.3 is 24.9 Å². The van der Waals surface area contributed by atoms with Crippen LogP contribution in [0.3, 0.4) is 0 Å². The van der Waals surface area contributed by atoms with E-state index in [9.17, 15) is 10.1 Å². The molecule has 2 aromatic carbocycles. The Morgan fingerprint density at radius 2 is 2.00 bits per heavy atom. The molecule has 152 valence electrons. The van der Waals surface area contributed by atoms with E-state index in [-0.39, 0.29) is 12.2 Å². The van der Waals surface area contributed by atoms with Gasteiger partial charge in [-0.25, -0.2) is 9.97 Å². The quantitative estimate of drug-likeness (QED) is 0.572. The number of hydrogen-bond donors (Lipinski definition) is 3. The average molecular weight is 404 g/mol. The van der Waals surface area contributed by atoms with Crippen molar-refractivity contribution in [3.63, 3.8) is 0 Å². The number of aliphatic hydroxyl groups is 1. The molecule has 1 aliphatic heterocycles. The molecule has 0 radical (unpaired) electrons. The molecule has 1 aliphatic carbocycles. The van der Waals surface area contributed by atoms with Crippen LogP contribution in [0.4, 0.5) is 11.6 Å². The Balaban J connectivity index is 1.40. The van der Waals surface area contributed by atoms with Crippen molar-refractivity contribution in [3.05, 3.63) is 48.2 Å². The first-order valence-electron chi connectivity index (χ1n) is 10.0. The van der Waals surface area contributed by atoms with Gasteiger partial charge in [0.05, 0.1) is 18.4 Å². The number of para-hydroxylation sites is 1. The number of anilines is 2. The number of fused-ring (bicyclic) bond motifs is 2. The standard InChI is InChI=1S/C21H21BN4O4/c27-16-6-8-17(9-7-16)29-19-3-1-2-14-11-23-21(26-20(14)19)25-15-5-4-13-12-24-30-22(28)18(13)10-15/h1-5,10-12,16-17,27-28H,6-9H2,(H,23,25,26). The Hall–Kier alpha value is -3.17. The van der Waals surface area contributed by atoms with Crippen LogP contribution in [0.5, 0.6) is 5.75 Å². The van der Waals surface area contributed by atoms with E-state index in [1.807, 2.05) is 30.3 Å². The number of aromatic nitrogens is 2. The van der Waals surface area contributed by atoms with E-state index in [0.717, 1.165) is 47.8 Å². The Bertz CT molecular complexity index is 1100. The summed E-state index contributed by atoms with van der Waals surface area (Å²) < 4.78 is 11.1. The van der Waals surface area contributed by atoms with Crippen LogP contribution in [0.25, 0.3) is 10.9 Å². The molecule has 3 aromatic rings. The molecular weight excluding hydrogens is 383 g/mol. The summed E-state index contributed by atoms with van der Waals surface area (Å²) in [6, 6.07) is 11.3. The average Bonchev–Trinajstić information content (AvgIpc) is 2.76. The van der Waals surface area contributed by atoms with Crippen molar-refractivity contribution in [2.45, 2.75) is 37.9 Å². The normalized spacial score (nSPS) is 20.5. The van der Waals surface area contributed by atoms with Gasteiger partial charge in [0.2, 0.25) is 5.95 Å². The summed E-state index contributed by atoms with van der Waals surface area (Å²) in [5.74, 6) is 1.14. The number of aliphatic hydroxyl groups excluding tert-OH is 1. The van der Waals surface area contributed by atoms with Crippen molar-refractivity contribution in [2.75, 3.05) is 5.32 Å². The minimum Gasteiger partial charge on any atom is -0.488 e. The van der Waals surface area contributed by atoms with E-state index in [0.29, 0.717) is 17.2 Å². The van der Waals surface area contributed by atoms with Gasteiger partial charge in [0.1, 0.15) is 11.3 Å². The highest BCUT2D eigenvalue weighted by molar-refractivity contribution is 6.62. The van der Waals surface area contributed by atoms with Crippen LogP contribution in [0.2, 0.25) is 0 Å². The largest absolute Gasteiger partial charge is 0.583 e. The van der Waals surface area contributed by atoms with Crippen LogP contribution in [0, 0.1) is 0 Å². The highest BCUT2D eigenvalue weighted by atomic mass is 16.6. The van der Waals surface area contributed by atoms with Gasteiger partial charge >= 0.3 is 7.12 Å².